The molecule has 1 fully saturated rings. The highest BCUT2D eigenvalue weighted by molar-refractivity contribution is 6.23. The summed E-state index contributed by atoms with van der Waals surface area (Å²) in [5, 5.41) is 43.3. The van der Waals surface area contributed by atoms with Crippen LogP contribution in [0.15, 0.2) is 35.1 Å². The quantitative estimate of drug-likeness (QED) is 0.318. The van der Waals surface area contributed by atoms with Gasteiger partial charge in [0.2, 0.25) is 5.78 Å². The number of rotatable bonds is 2. The summed E-state index contributed by atoms with van der Waals surface area (Å²) in [4.78, 5) is 50.8. The van der Waals surface area contributed by atoms with Gasteiger partial charge in [0.15, 0.2) is 11.4 Å². The van der Waals surface area contributed by atoms with Crippen LogP contribution in [0.1, 0.15) is 30.4 Å². The summed E-state index contributed by atoms with van der Waals surface area (Å²) in [6.45, 7) is 1.38. The number of methoxy groups -OCH3 is 1. The maximum absolute atomic E-state index is 13.6. The maximum Gasteiger partial charge on any atom is 0.313 e. The third-order valence-corrected chi connectivity index (χ3v) is 6.87. The first kappa shape index (κ1) is 21.6. The number of aliphatic hydroxyl groups excluding tert-OH is 2. The van der Waals surface area contributed by atoms with Crippen LogP contribution >= 0.6 is 0 Å². The first-order chi connectivity index (χ1) is 15.0. The van der Waals surface area contributed by atoms with Gasteiger partial charge in [-0.1, -0.05) is 19.1 Å². The molecule has 0 radical (unpaired) electrons. The van der Waals surface area contributed by atoms with Crippen LogP contribution in [0.3, 0.4) is 0 Å². The normalized spacial score (nSPS) is 31.6. The number of hydrogen-bond acceptors (Lipinski definition) is 9. The molecule has 0 bridgehead atoms. The molecule has 1 aromatic rings. The molecule has 1 saturated carbocycles. The highest BCUT2D eigenvalue weighted by Crippen LogP contribution is 2.56. The summed E-state index contributed by atoms with van der Waals surface area (Å²) in [5.41, 5.74) is 1.22. The van der Waals surface area contributed by atoms with E-state index in [4.69, 9.17) is 10.5 Å². The minimum absolute atomic E-state index is 0.178. The fraction of sp³-hybridized carbons (Fsp3) is 0.364. The zero-order valence-electron chi connectivity index (χ0n) is 17.2. The molecule has 4 rings (SSSR count). The van der Waals surface area contributed by atoms with Crippen LogP contribution in [0.4, 0.5) is 0 Å². The predicted octanol–water partition coefficient (Wildman–Crippen LogP) is 0.384. The van der Waals surface area contributed by atoms with Gasteiger partial charge in [0.05, 0.1) is 18.6 Å². The molecule has 3 aliphatic rings. The third kappa shape index (κ3) is 2.49. The van der Waals surface area contributed by atoms with Crippen LogP contribution in [0.2, 0.25) is 0 Å². The predicted molar refractivity (Wildman–Crippen MR) is 107 cm³/mol. The number of esters is 1. The van der Waals surface area contributed by atoms with Crippen molar-refractivity contribution in [1.29, 1.82) is 0 Å². The molecule has 0 heterocycles. The lowest BCUT2D eigenvalue weighted by Crippen LogP contribution is -2.61. The lowest BCUT2D eigenvalue weighted by atomic mass is 9.54. The Balaban J connectivity index is 2.03. The van der Waals surface area contributed by atoms with E-state index in [-0.39, 0.29) is 17.5 Å². The van der Waals surface area contributed by atoms with Crippen molar-refractivity contribution < 1.29 is 44.3 Å². The zero-order valence-corrected chi connectivity index (χ0v) is 17.2. The molecule has 0 spiro atoms. The molecule has 168 valence electrons. The standard InChI is InChI=1S/C22H21NO9/c1-7-10-6-9-12(21(30)32-2)8-4-3-5-11(24)13(8)17(26)14(9)18(27)22(10,31)19(28)15(16(7)25)20(23)29/h3-5,7,9-10,12,24,26,28,31H,6H2,1-2H3,(H2,23,29)/t7-,9+,10-,12-,22-/m0/s1. The van der Waals surface area contributed by atoms with E-state index in [0.29, 0.717) is 0 Å². The van der Waals surface area contributed by atoms with Gasteiger partial charge in [0, 0.05) is 23.3 Å². The number of amides is 1. The Morgan fingerprint density at radius 1 is 1.19 bits per heavy atom. The van der Waals surface area contributed by atoms with Crippen molar-refractivity contribution in [3.8, 4) is 5.75 Å². The number of Topliss-reactive ketones (excluding diaryl/α,β-unsaturated/α-hetero) is 2. The highest BCUT2D eigenvalue weighted by atomic mass is 16.5. The van der Waals surface area contributed by atoms with E-state index in [1.54, 1.807) is 0 Å². The van der Waals surface area contributed by atoms with Crippen molar-refractivity contribution in [2.75, 3.05) is 7.11 Å². The van der Waals surface area contributed by atoms with E-state index < -0.39 is 81.1 Å². The number of carbonyl (C=O) groups is 4. The minimum Gasteiger partial charge on any atom is -0.508 e. The van der Waals surface area contributed by atoms with Gasteiger partial charge in [-0.25, -0.2) is 0 Å². The summed E-state index contributed by atoms with van der Waals surface area (Å²) < 4.78 is 4.90. The number of aliphatic hydroxyl groups is 3. The zero-order chi connectivity index (χ0) is 23.7. The first-order valence-corrected chi connectivity index (χ1v) is 9.86. The largest absolute Gasteiger partial charge is 0.508 e. The first-order valence-electron chi connectivity index (χ1n) is 9.86. The Morgan fingerprint density at radius 2 is 1.84 bits per heavy atom. The average molecular weight is 443 g/mol. The topological polar surface area (TPSA) is 184 Å². The minimum atomic E-state index is -2.72. The van der Waals surface area contributed by atoms with Gasteiger partial charge in [0.1, 0.15) is 22.8 Å². The SMILES string of the molecule is COC(=O)[C@H]1c2cccc(O)c2C(O)=C2C(=O)[C@]3(O)C(O)=C(C(N)=O)C(=O)[C@@H](C)[C@@H]3C[C@@H]21. The Bertz CT molecular complexity index is 1160. The molecule has 10 nitrogen and oxygen atoms in total. The molecule has 0 saturated heterocycles. The number of benzene rings is 1. The fourth-order valence-electron chi connectivity index (χ4n) is 5.34. The van der Waals surface area contributed by atoms with Crippen LogP contribution in [-0.4, -0.2) is 56.6 Å². The number of phenolic OH excluding ortho intramolecular Hbond substituents is 1. The fourth-order valence-corrected chi connectivity index (χ4v) is 5.34. The molecule has 1 aromatic carbocycles. The van der Waals surface area contributed by atoms with Crippen molar-refractivity contribution in [3.63, 3.8) is 0 Å². The van der Waals surface area contributed by atoms with Gasteiger partial charge >= 0.3 is 5.97 Å². The number of ketones is 2. The second-order valence-electron chi connectivity index (χ2n) is 8.29. The second kappa shape index (κ2) is 6.92. The van der Waals surface area contributed by atoms with E-state index >= 15 is 0 Å². The lowest BCUT2D eigenvalue weighted by Gasteiger charge is -2.49. The van der Waals surface area contributed by atoms with Gasteiger partial charge in [-0.3, -0.25) is 19.2 Å². The Kier molecular flexibility index (Phi) is 4.67. The summed E-state index contributed by atoms with van der Waals surface area (Å²) >= 11 is 0. The monoisotopic (exact) mass is 443 g/mol. The van der Waals surface area contributed by atoms with E-state index in [9.17, 15) is 39.6 Å². The third-order valence-electron chi connectivity index (χ3n) is 6.87. The Hall–Kier alpha value is -3.66. The van der Waals surface area contributed by atoms with Gasteiger partial charge in [0.25, 0.3) is 5.91 Å². The summed E-state index contributed by atoms with van der Waals surface area (Å²) in [6, 6.07) is 4.20. The molecule has 3 aliphatic carbocycles. The molecular formula is C22H21NO9. The van der Waals surface area contributed by atoms with Crippen molar-refractivity contribution in [2.24, 2.45) is 23.5 Å². The molecule has 6 N–H and O–H groups in total. The summed E-state index contributed by atoms with van der Waals surface area (Å²) in [6.07, 6.45) is -0.181. The van der Waals surface area contributed by atoms with E-state index in [2.05, 4.69) is 0 Å². The molecule has 1 amide bonds. The number of aromatic hydroxyl groups is 1. The number of nitrogens with two attached hydrogens (primary N) is 1. The molecule has 5 atom stereocenters. The summed E-state index contributed by atoms with van der Waals surface area (Å²) in [5.74, 6) is -10.8. The van der Waals surface area contributed by atoms with Crippen LogP contribution in [0.5, 0.6) is 5.75 Å². The Labute approximate surface area is 181 Å². The number of hydrogen-bond donors (Lipinski definition) is 5. The van der Waals surface area contributed by atoms with E-state index in [0.717, 1.165) is 7.11 Å². The molecular weight excluding hydrogens is 422 g/mol. The van der Waals surface area contributed by atoms with Gasteiger partial charge in [-0.2, -0.15) is 0 Å². The van der Waals surface area contributed by atoms with Crippen LogP contribution < -0.4 is 5.73 Å². The van der Waals surface area contributed by atoms with Gasteiger partial charge in [-0.05, 0) is 18.1 Å². The molecule has 10 heteroatoms. The number of primary amides is 1. The van der Waals surface area contributed by atoms with Crippen molar-refractivity contribution in [3.05, 3.63) is 46.2 Å². The van der Waals surface area contributed by atoms with E-state index in [1.165, 1.54) is 25.1 Å². The summed E-state index contributed by atoms with van der Waals surface area (Å²) in [7, 11) is 1.14. The molecule has 0 unspecified atom stereocenters. The number of carbonyl (C=O) groups excluding carboxylic acids is 4. The number of phenols is 1. The van der Waals surface area contributed by atoms with Crippen LogP contribution in [0.25, 0.3) is 5.76 Å². The van der Waals surface area contributed by atoms with Crippen molar-refractivity contribution in [1.82, 2.24) is 0 Å². The molecule has 0 aromatic heterocycles. The lowest BCUT2D eigenvalue weighted by molar-refractivity contribution is -0.154. The maximum atomic E-state index is 13.6. The van der Waals surface area contributed by atoms with Gasteiger partial charge < -0.3 is 30.9 Å². The van der Waals surface area contributed by atoms with E-state index in [1.807, 2.05) is 0 Å². The highest BCUT2D eigenvalue weighted by Gasteiger charge is 2.64. The molecule has 0 aliphatic heterocycles. The van der Waals surface area contributed by atoms with Crippen LogP contribution in [0, 0.1) is 17.8 Å². The van der Waals surface area contributed by atoms with Crippen molar-refractivity contribution in [2.45, 2.75) is 24.9 Å². The van der Waals surface area contributed by atoms with Gasteiger partial charge in [-0.15, -0.1) is 0 Å². The molecule has 32 heavy (non-hydrogen) atoms. The smallest absolute Gasteiger partial charge is 0.313 e. The average Bonchev–Trinajstić information content (AvgIpc) is 2.73. The van der Waals surface area contributed by atoms with Crippen molar-refractivity contribution >= 4 is 29.2 Å². The Morgan fingerprint density at radius 3 is 2.44 bits per heavy atom. The second-order valence-corrected chi connectivity index (χ2v) is 8.29. The number of fused-ring (bicyclic) bond motifs is 3. The van der Waals surface area contributed by atoms with Crippen LogP contribution in [-0.2, 0) is 23.9 Å². The number of ether oxygens (including phenoxy) is 1.